The van der Waals surface area contributed by atoms with E-state index >= 15 is 0 Å². The van der Waals surface area contributed by atoms with Gasteiger partial charge >= 0.3 is 5.69 Å². The first kappa shape index (κ1) is 20.2. The zero-order valence-corrected chi connectivity index (χ0v) is 16.3. The number of hydrogen-bond acceptors (Lipinski definition) is 8. The lowest BCUT2D eigenvalue weighted by atomic mass is 10.2. The molecule has 0 unspecified atom stereocenters. The number of para-hydroxylation sites is 1. The minimum absolute atomic E-state index is 0.116. The van der Waals surface area contributed by atoms with E-state index in [1.54, 1.807) is 6.92 Å². The third-order valence-electron chi connectivity index (χ3n) is 3.73. The van der Waals surface area contributed by atoms with E-state index < -0.39 is 10.8 Å². The van der Waals surface area contributed by atoms with Crippen molar-refractivity contribution in [1.82, 2.24) is 10.2 Å². The Kier molecular flexibility index (Phi) is 6.69. The van der Waals surface area contributed by atoms with Crippen molar-refractivity contribution in [1.29, 1.82) is 0 Å². The summed E-state index contributed by atoms with van der Waals surface area (Å²) in [5, 5.41) is 22.8. The van der Waals surface area contributed by atoms with Crippen LogP contribution in [0.15, 0.2) is 48.5 Å². The molecule has 0 spiro atoms. The topological polar surface area (TPSA) is 116 Å². The van der Waals surface area contributed by atoms with Gasteiger partial charge in [0.05, 0.1) is 18.1 Å². The fraction of sp³-hybridized carbons (Fsp3) is 0.211. The summed E-state index contributed by atoms with van der Waals surface area (Å²) in [6.07, 6.45) is 0.539. The number of nitro groups is 1. The Labute approximate surface area is 170 Å². The molecule has 0 aliphatic carbocycles. The Morgan fingerprint density at radius 2 is 1.97 bits per heavy atom. The Morgan fingerprint density at radius 1 is 1.17 bits per heavy atom. The maximum absolute atomic E-state index is 12.4. The summed E-state index contributed by atoms with van der Waals surface area (Å²) in [6.45, 7) is 2.44. The summed E-state index contributed by atoms with van der Waals surface area (Å²) in [6, 6.07) is 13.5. The maximum atomic E-state index is 12.4. The smallest absolute Gasteiger partial charge is 0.311 e. The summed E-state index contributed by atoms with van der Waals surface area (Å²) >= 11 is 1.22. The number of anilines is 1. The van der Waals surface area contributed by atoms with Crippen LogP contribution in [0.3, 0.4) is 0 Å². The highest BCUT2D eigenvalue weighted by Gasteiger charge is 2.19. The number of rotatable bonds is 9. The summed E-state index contributed by atoms with van der Waals surface area (Å²) in [5.41, 5.74) is -0.139. The molecule has 9 nitrogen and oxygen atoms in total. The molecule has 150 valence electrons. The van der Waals surface area contributed by atoms with Gasteiger partial charge in [0.2, 0.25) is 5.13 Å². The average molecular weight is 414 g/mol. The van der Waals surface area contributed by atoms with Crippen LogP contribution < -0.4 is 14.8 Å². The van der Waals surface area contributed by atoms with Crippen LogP contribution in [0.2, 0.25) is 0 Å². The van der Waals surface area contributed by atoms with E-state index in [0.29, 0.717) is 23.2 Å². The van der Waals surface area contributed by atoms with Crippen LogP contribution in [0.4, 0.5) is 10.8 Å². The quantitative estimate of drug-likeness (QED) is 0.419. The maximum Gasteiger partial charge on any atom is 0.311 e. The van der Waals surface area contributed by atoms with Gasteiger partial charge in [-0.1, -0.05) is 29.5 Å². The lowest BCUT2D eigenvalue weighted by Gasteiger charge is -2.06. The van der Waals surface area contributed by atoms with Crippen LogP contribution in [0, 0.1) is 10.1 Å². The second-order valence-electron chi connectivity index (χ2n) is 5.74. The van der Waals surface area contributed by atoms with Crippen LogP contribution in [0.25, 0.3) is 0 Å². The number of ether oxygens (including phenoxy) is 2. The molecule has 1 amide bonds. The largest absolute Gasteiger partial charge is 0.493 e. The SMILES string of the molecule is CCOc1ccc(C(=O)Nc2nnc(CCOc3ccccc3)s2)cc1[N+](=O)[O-]. The predicted octanol–water partition coefficient (Wildman–Crippen LogP) is 3.72. The Hall–Kier alpha value is -3.53. The lowest BCUT2D eigenvalue weighted by Crippen LogP contribution is -2.12. The number of nitro benzene ring substituents is 1. The fourth-order valence-corrected chi connectivity index (χ4v) is 3.14. The van der Waals surface area contributed by atoms with Gasteiger partial charge in [-0.2, -0.15) is 0 Å². The number of amides is 1. The number of nitrogens with zero attached hydrogens (tertiary/aromatic N) is 3. The first-order valence-electron chi connectivity index (χ1n) is 8.79. The van der Waals surface area contributed by atoms with Crippen molar-refractivity contribution in [2.24, 2.45) is 0 Å². The summed E-state index contributed by atoms with van der Waals surface area (Å²) in [4.78, 5) is 23.0. The standard InChI is InChI=1S/C19H18N4O5S/c1-2-27-16-9-8-13(12-15(16)23(25)26)18(24)20-19-22-21-17(29-19)10-11-28-14-6-4-3-5-7-14/h3-9,12H,2,10-11H2,1H3,(H,20,22,24). The fourth-order valence-electron chi connectivity index (χ4n) is 2.43. The number of hydrogen-bond donors (Lipinski definition) is 1. The van der Waals surface area contributed by atoms with Crippen LogP contribution in [0.1, 0.15) is 22.3 Å². The van der Waals surface area contributed by atoms with Gasteiger partial charge in [0.1, 0.15) is 10.8 Å². The van der Waals surface area contributed by atoms with Gasteiger partial charge in [-0.05, 0) is 31.2 Å². The zero-order valence-electron chi connectivity index (χ0n) is 15.5. The highest BCUT2D eigenvalue weighted by Crippen LogP contribution is 2.28. The van der Waals surface area contributed by atoms with E-state index in [2.05, 4.69) is 15.5 Å². The van der Waals surface area contributed by atoms with Gasteiger partial charge in [-0.25, -0.2) is 0 Å². The molecule has 3 rings (SSSR count). The average Bonchev–Trinajstić information content (AvgIpc) is 3.16. The van der Waals surface area contributed by atoms with Crippen molar-refractivity contribution < 1.29 is 19.2 Å². The number of carbonyl (C=O) groups is 1. The molecule has 0 aliphatic heterocycles. The zero-order chi connectivity index (χ0) is 20.6. The van der Waals surface area contributed by atoms with Gasteiger partial charge in [-0.15, -0.1) is 10.2 Å². The molecule has 3 aromatic rings. The van der Waals surface area contributed by atoms with E-state index in [1.807, 2.05) is 30.3 Å². The van der Waals surface area contributed by atoms with Crippen molar-refractivity contribution in [2.45, 2.75) is 13.3 Å². The molecule has 0 atom stereocenters. The summed E-state index contributed by atoms with van der Waals surface area (Å²) in [7, 11) is 0. The van der Waals surface area contributed by atoms with Crippen molar-refractivity contribution >= 4 is 28.1 Å². The van der Waals surface area contributed by atoms with Crippen molar-refractivity contribution in [2.75, 3.05) is 18.5 Å². The molecule has 0 saturated carbocycles. The molecule has 0 aliphatic rings. The van der Waals surface area contributed by atoms with E-state index in [9.17, 15) is 14.9 Å². The third-order valence-corrected chi connectivity index (χ3v) is 4.63. The summed E-state index contributed by atoms with van der Waals surface area (Å²) < 4.78 is 10.8. The van der Waals surface area contributed by atoms with Crippen molar-refractivity contribution in [3.05, 3.63) is 69.2 Å². The minimum atomic E-state index is -0.586. The van der Waals surface area contributed by atoms with Gasteiger partial charge in [0.25, 0.3) is 5.91 Å². The minimum Gasteiger partial charge on any atom is -0.493 e. The molecular weight excluding hydrogens is 396 g/mol. The van der Waals surface area contributed by atoms with E-state index in [4.69, 9.17) is 9.47 Å². The first-order chi connectivity index (χ1) is 14.1. The molecule has 1 aromatic heterocycles. The molecule has 2 aromatic carbocycles. The molecular formula is C19H18N4O5S. The number of carbonyl (C=O) groups excluding carboxylic acids is 1. The van der Waals surface area contributed by atoms with E-state index in [-0.39, 0.29) is 23.6 Å². The second kappa shape index (κ2) is 9.60. The Bertz CT molecular complexity index is 993. The van der Waals surface area contributed by atoms with Crippen LogP contribution in [0.5, 0.6) is 11.5 Å². The van der Waals surface area contributed by atoms with Crippen LogP contribution >= 0.6 is 11.3 Å². The number of aromatic nitrogens is 2. The third kappa shape index (κ3) is 5.48. The van der Waals surface area contributed by atoms with Crippen molar-refractivity contribution in [3.8, 4) is 11.5 Å². The second-order valence-corrected chi connectivity index (χ2v) is 6.80. The Balaban J connectivity index is 1.59. The molecule has 1 N–H and O–H groups in total. The van der Waals surface area contributed by atoms with Gasteiger partial charge in [0, 0.05) is 18.1 Å². The van der Waals surface area contributed by atoms with Crippen molar-refractivity contribution in [3.63, 3.8) is 0 Å². The molecule has 0 radical (unpaired) electrons. The van der Waals surface area contributed by atoms with Gasteiger partial charge < -0.3 is 9.47 Å². The van der Waals surface area contributed by atoms with Crippen LogP contribution in [-0.2, 0) is 6.42 Å². The van der Waals surface area contributed by atoms with Gasteiger partial charge in [-0.3, -0.25) is 20.2 Å². The molecule has 29 heavy (non-hydrogen) atoms. The predicted molar refractivity (Wildman–Crippen MR) is 108 cm³/mol. The molecule has 0 bridgehead atoms. The normalized spacial score (nSPS) is 10.4. The first-order valence-corrected chi connectivity index (χ1v) is 9.61. The molecule has 0 fully saturated rings. The van der Waals surface area contributed by atoms with E-state index in [0.717, 1.165) is 5.75 Å². The monoisotopic (exact) mass is 414 g/mol. The molecule has 10 heteroatoms. The molecule has 1 heterocycles. The van der Waals surface area contributed by atoms with Gasteiger partial charge in [0.15, 0.2) is 5.75 Å². The Morgan fingerprint density at radius 3 is 2.69 bits per heavy atom. The lowest BCUT2D eigenvalue weighted by molar-refractivity contribution is -0.385. The summed E-state index contributed by atoms with van der Waals surface area (Å²) in [5.74, 6) is 0.368. The molecule has 0 saturated heterocycles. The van der Waals surface area contributed by atoms with Crippen LogP contribution in [-0.4, -0.2) is 34.2 Å². The highest BCUT2D eigenvalue weighted by atomic mass is 32.1. The number of benzene rings is 2. The van der Waals surface area contributed by atoms with E-state index in [1.165, 1.54) is 29.5 Å². The number of nitrogens with one attached hydrogen (secondary N) is 1. The highest BCUT2D eigenvalue weighted by molar-refractivity contribution is 7.15.